The quantitative estimate of drug-likeness (QED) is 0.487. The predicted octanol–water partition coefficient (Wildman–Crippen LogP) is 1.51. The highest BCUT2D eigenvalue weighted by molar-refractivity contribution is 5.55. The average Bonchev–Trinajstić information content (AvgIpc) is 3.13. The van der Waals surface area contributed by atoms with Crippen LogP contribution in [0.4, 0.5) is 5.69 Å². The highest BCUT2D eigenvalue weighted by Crippen LogP contribution is 2.37. The molecule has 1 saturated heterocycles. The highest BCUT2D eigenvalue weighted by Gasteiger charge is 2.23. The molecule has 0 bridgehead atoms. The SMILES string of the molecule is O=[N+]([O-])c1cc2c(cc1CNCCN1CCCC1)OCO2. The minimum Gasteiger partial charge on any atom is -0.454 e. The molecule has 2 heterocycles. The first-order valence-corrected chi connectivity index (χ1v) is 7.24. The van der Waals surface area contributed by atoms with E-state index in [1.54, 1.807) is 6.07 Å². The van der Waals surface area contributed by atoms with Crippen molar-refractivity contribution in [3.05, 3.63) is 27.8 Å². The Bertz CT molecular complexity index is 529. The third-order valence-corrected chi connectivity index (χ3v) is 3.89. The fourth-order valence-corrected chi connectivity index (χ4v) is 2.75. The van der Waals surface area contributed by atoms with Gasteiger partial charge in [0.1, 0.15) is 0 Å². The summed E-state index contributed by atoms with van der Waals surface area (Å²) in [6, 6.07) is 3.14. The van der Waals surface area contributed by atoms with Gasteiger partial charge < -0.3 is 19.7 Å². The standard InChI is InChI=1S/C14H19N3O4/c18-17(19)12-8-14-13(20-10-21-14)7-11(12)9-15-3-6-16-4-1-2-5-16/h7-8,15H,1-6,9-10H2. The van der Waals surface area contributed by atoms with Crippen molar-refractivity contribution in [1.29, 1.82) is 0 Å². The molecule has 0 aromatic heterocycles. The lowest BCUT2D eigenvalue weighted by molar-refractivity contribution is -0.385. The van der Waals surface area contributed by atoms with E-state index in [9.17, 15) is 10.1 Å². The van der Waals surface area contributed by atoms with Gasteiger partial charge in [0.25, 0.3) is 5.69 Å². The number of nitrogens with one attached hydrogen (secondary N) is 1. The Morgan fingerprint density at radius 1 is 1.24 bits per heavy atom. The van der Waals surface area contributed by atoms with Crippen molar-refractivity contribution in [3.63, 3.8) is 0 Å². The van der Waals surface area contributed by atoms with E-state index in [-0.39, 0.29) is 17.4 Å². The second-order valence-electron chi connectivity index (χ2n) is 5.32. The molecule has 1 aromatic carbocycles. The molecule has 0 unspecified atom stereocenters. The van der Waals surface area contributed by atoms with Crippen LogP contribution in [0, 0.1) is 10.1 Å². The summed E-state index contributed by atoms with van der Waals surface area (Å²) in [4.78, 5) is 13.2. The number of nitro benzene ring substituents is 1. The number of rotatable bonds is 6. The van der Waals surface area contributed by atoms with Gasteiger partial charge in [0.2, 0.25) is 6.79 Å². The molecule has 114 valence electrons. The van der Waals surface area contributed by atoms with E-state index in [1.807, 2.05) is 0 Å². The topological polar surface area (TPSA) is 76.9 Å². The van der Waals surface area contributed by atoms with E-state index in [4.69, 9.17) is 9.47 Å². The molecular weight excluding hydrogens is 274 g/mol. The maximum atomic E-state index is 11.1. The maximum Gasteiger partial charge on any atom is 0.277 e. The molecule has 2 aliphatic heterocycles. The number of nitro groups is 1. The van der Waals surface area contributed by atoms with Gasteiger partial charge in [-0.15, -0.1) is 0 Å². The van der Waals surface area contributed by atoms with Gasteiger partial charge in [-0.05, 0) is 32.0 Å². The van der Waals surface area contributed by atoms with E-state index in [0.717, 1.165) is 26.2 Å². The van der Waals surface area contributed by atoms with Crippen LogP contribution in [0.25, 0.3) is 0 Å². The summed E-state index contributed by atoms with van der Waals surface area (Å²) < 4.78 is 10.5. The predicted molar refractivity (Wildman–Crippen MR) is 76.6 cm³/mol. The van der Waals surface area contributed by atoms with Gasteiger partial charge in [-0.2, -0.15) is 0 Å². The zero-order valence-electron chi connectivity index (χ0n) is 11.8. The van der Waals surface area contributed by atoms with Crippen LogP contribution in [0.2, 0.25) is 0 Å². The second-order valence-corrected chi connectivity index (χ2v) is 5.32. The van der Waals surface area contributed by atoms with Crippen molar-refractivity contribution < 1.29 is 14.4 Å². The summed E-state index contributed by atoms with van der Waals surface area (Å²) in [5.74, 6) is 1.03. The summed E-state index contributed by atoms with van der Waals surface area (Å²) in [6.07, 6.45) is 2.54. The van der Waals surface area contributed by atoms with E-state index < -0.39 is 0 Å². The van der Waals surface area contributed by atoms with Crippen molar-refractivity contribution in [2.45, 2.75) is 19.4 Å². The lowest BCUT2D eigenvalue weighted by Gasteiger charge is -2.14. The Labute approximate surface area is 123 Å². The molecule has 1 aromatic rings. The van der Waals surface area contributed by atoms with Crippen molar-refractivity contribution >= 4 is 5.69 Å². The molecule has 0 aliphatic carbocycles. The molecule has 7 nitrogen and oxygen atoms in total. The third kappa shape index (κ3) is 3.25. The van der Waals surface area contributed by atoms with Gasteiger partial charge in [0.05, 0.1) is 11.0 Å². The summed E-state index contributed by atoms with van der Waals surface area (Å²) in [5, 5.41) is 14.4. The fourth-order valence-electron chi connectivity index (χ4n) is 2.75. The molecule has 0 radical (unpaired) electrons. The highest BCUT2D eigenvalue weighted by atomic mass is 16.7. The van der Waals surface area contributed by atoms with Gasteiger partial charge in [-0.3, -0.25) is 10.1 Å². The molecule has 21 heavy (non-hydrogen) atoms. The van der Waals surface area contributed by atoms with Crippen LogP contribution >= 0.6 is 0 Å². The average molecular weight is 293 g/mol. The maximum absolute atomic E-state index is 11.1. The van der Waals surface area contributed by atoms with Gasteiger partial charge in [0, 0.05) is 25.2 Å². The molecule has 2 aliphatic rings. The number of likely N-dealkylation sites (tertiary alicyclic amines) is 1. The second kappa shape index (κ2) is 6.28. The molecule has 0 spiro atoms. The van der Waals surface area contributed by atoms with Crippen LogP contribution in [0.1, 0.15) is 18.4 Å². The van der Waals surface area contributed by atoms with E-state index in [1.165, 1.54) is 18.9 Å². The van der Waals surface area contributed by atoms with E-state index >= 15 is 0 Å². The van der Waals surface area contributed by atoms with Crippen LogP contribution < -0.4 is 14.8 Å². The van der Waals surface area contributed by atoms with Crippen molar-refractivity contribution in [2.75, 3.05) is 33.0 Å². The van der Waals surface area contributed by atoms with E-state index in [0.29, 0.717) is 23.6 Å². The van der Waals surface area contributed by atoms with E-state index in [2.05, 4.69) is 10.2 Å². The van der Waals surface area contributed by atoms with Gasteiger partial charge in [-0.1, -0.05) is 0 Å². The largest absolute Gasteiger partial charge is 0.454 e. The van der Waals surface area contributed by atoms with Gasteiger partial charge in [-0.25, -0.2) is 0 Å². The number of fused-ring (bicyclic) bond motifs is 1. The van der Waals surface area contributed by atoms with Gasteiger partial charge >= 0.3 is 0 Å². The molecule has 3 rings (SSSR count). The molecule has 0 atom stereocenters. The molecule has 0 saturated carbocycles. The van der Waals surface area contributed by atoms with Crippen molar-refractivity contribution in [1.82, 2.24) is 10.2 Å². The Morgan fingerprint density at radius 2 is 1.95 bits per heavy atom. The molecular formula is C14H19N3O4. The lowest BCUT2D eigenvalue weighted by atomic mass is 10.1. The third-order valence-electron chi connectivity index (χ3n) is 3.89. The number of hydrogen-bond donors (Lipinski definition) is 1. The number of nitrogens with zero attached hydrogens (tertiary/aromatic N) is 2. The Balaban J connectivity index is 1.59. The number of ether oxygens (including phenoxy) is 2. The van der Waals surface area contributed by atoms with Crippen LogP contribution in [-0.2, 0) is 6.54 Å². The molecule has 1 fully saturated rings. The summed E-state index contributed by atoms with van der Waals surface area (Å²) in [5.41, 5.74) is 0.707. The first-order chi connectivity index (χ1) is 10.2. The van der Waals surface area contributed by atoms with Crippen molar-refractivity contribution in [2.24, 2.45) is 0 Å². The molecule has 0 amide bonds. The van der Waals surface area contributed by atoms with Crippen molar-refractivity contribution in [3.8, 4) is 11.5 Å². The Kier molecular flexibility index (Phi) is 4.21. The van der Waals surface area contributed by atoms with Crippen LogP contribution in [-0.4, -0.2) is 42.8 Å². The smallest absolute Gasteiger partial charge is 0.277 e. The summed E-state index contributed by atoms with van der Waals surface area (Å²) in [6.45, 7) is 4.71. The zero-order chi connectivity index (χ0) is 14.7. The Morgan fingerprint density at radius 3 is 2.67 bits per heavy atom. The van der Waals surface area contributed by atoms with Crippen LogP contribution in [0.15, 0.2) is 12.1 Å². The summed E-state index contributed by atoms with van der Waals surface area (Å²) >= 11 is 0. The minimum atomic E-state index is -0.376. The fraction of sp³-hybridized carbons (Fsp3) is 0.571. The number of benzene rings is 1. The molecule has 1 N–H and O–H groups in total. The van der Waals surface area contributed by atoms with Crippen LogP contribution in [0.3, 0.4) is 0 Å². The van der Waals surface area contributed by atoms with Gasteiger partial charge in [0.15, 0.2) is 11.5 Å². The monoisotopic (exact) mass is 293 g/mol. The number of hydrogen-bond acceptors (Lipinski definition) is 6. The zero-order valence-corrected chi connectivity index (χ0v) is 11.8. The van der Waals surface area contributed by atoms with Crippen LogP contribution in [0.5, 0.6) is 11.5 Å². The minimum absolute atomic E-state index is 0.0768. The molecule has 7 heteroatoms. The first kappa shape index (κ1) is 14.1. The lowest BCUT2D eigenvalue weighted by Crippen LogP contribution is -2.29. The normalized spacial score (nSPS) is 17.3. The first-order valence-electron chi connectivity index (χ1n) is 7.24. The summed E-state index contributed by atoms with van der Waals surface area (Å²) in [7, 11) is 0. The Hall–Kier alpha value is -1.86.